The van der Waals surface area contributed by atoms with Gasteiger partial charge in [0.05, 0.1) is 0 Å². The summed E-state index contributed by atoms with van der Waals surface area (Å²) in [6, 6.07) is 75.3. The molecule has 0 spiro atoms. The first-order valence-electron chi connectivity index (χ1n) is 19.7. The average Bonchev–Trinajstić information content (AvgIpc) is 3.65. The smallest absolute Gasteiger partial charge is 0.135 e. The number of hydrogen-bond donors (Lipinski definition) is 0. The van der Waals surface area contributed by atoms with Crippen molar-refractivity contribution in [3.8, 4) is 44.5 Å². The normalized spacial score (nSPS) is 11.9. The Hall–Kier alpha value is -7.48. The predicted octanol–water partition coefficient (Wildman–Crippen LogP) is 16.0. The second kappa shape index (κ2) is 12.5. The fourth-order valence-electron chi connectivity index (χ4n) is 9.46. The molecule has 0 amide bonds. The van der Waals surface area contributed by atoms with E-state index in [1.807, 2.05) is 0 Å². The van der Waals surface area contributed by atoms with E-state index in [0.717, 1.165) is 21.9 Å². The first-order chi connectivity index (χ1) is 28.3. The topological polar surface area (TPSA) is 13.1 Å². The molecule has 0 bridgehead atoms. The molecule has 0 N–H and O–H groups in total. The summed E-state index contributed by atoms with van der Waals surface area (Å²) in [5.74, 6) is 0. The second-order valence-corrected chi connectivity index (χ2v) is 15.2. The summed E-state index contributed by atoms with van der Waals surface area (Å²) in [4.78, 5) is 0. The molecule has 57 heavy (non-hydrogen) atoms. The van der Waals surface area contributed by atoms with Gasteiger partial charge in [0.25, 0.3) is 0 Å². The number of hydrogen-bond acceptors (Lipinski definition) is 1. The van der Waals surface area contributed by atoms with E-state index in [9.17, 15) is 0 Å². The van der Waals surface area contributed by atoms with Crippen LogP contribution in [0.4, 0.5) is 0 Å². The maximum atomic E-state index is 6.51. The molecule has 0 aliphatic rings. The first kappa shape index (κ1) is 31.8. The lowest BCUT2D eigenvalue weighted by molar-refractivity contribution is 0.669. The van der Waals surface area contributed by atoms with Crippen molar-refractivity contribution in [1.82, 2.24) is 0 Å². The minimum Gasteiger partial charge on any atom is -0.456 e. The van der Waals surface area contributed by atoms with Crippen LogP contribution in [-0.4, -0.2) is 0 Å². The first-order valence-corrected chi connectivity index (χ1v) is 19.7. The average molecular weight is 723 g/mol. The maximum Gasteiger partial charge on any atom is 0.135 e. The van der Waals surface area contributed by atoms with Gasteiger partial charge in [0.1, 0.15) is 11.2 Å². The molecule has 0 aliphatic carbocycles. The van der Waals surface area contributed by atoms with Gasteiger partial charge in [-0.1, -0.05) is 176 Å². The summed E-state index contributed by atoms with van der Waals surface area (Å²) in [6.07, 6.45) is 0. The highest BCUT2D eigenvalue weighted by atomic mass is 16.3. The van der Waals surface area contributed by atoms with Gasteiger partial charge in [-0.3, -0.25) is 0 Å². The molecule has 1 heterocycles. The third kappa shape index (κ3) is 4.96. The molecule has 0 atom stereocenters. The van der Waals surface area contributed by atoms with Crippen LogP contribution < -0.4 is 0 Å². The predicted molar refractivity (Wildman–Crippen MR) is 243 cm³/mol. The van der Waals surface area contributed by atoms with Crippen molar-refractivity contribution in [3.63, 3.8) is 0 Å². The highest BCUT2D eigenvalue weighted by molar-refractivity contribution is 6.22. The lowest BCUT2D eigenvalue weighted by Gasteiger charge is -2.18. The van der Waals surface area contributed by atoms with Gasteiger partial charge >= 0.3 is 0 Å². The summed E-state index contributed by atoms with van der Waals surface area (Å²) >= 11 is 0. The zero-order chi connectivity index (χ0) is 37.5. The molecule has 264 valence electrons. The van der Waals surface area contributed by atoms with E-state index in [4.69, 9.17) is 4.42 Å². The third-order valence-electron chi connectivity index (χ3n) is 12.0. The van der Waals surface area contributed by atoms with Crippen LogP contribution in [0.1, 0.15) is 0 Å². The number of benzene rings is 11. The molecule has 11 aromatic carbocycles. The molecule has 12 aromatic rings. The Morgan fingerprint density at radius 1 is 0.228 bits per heavy atom. The van der Waals surface area contributed by atoms with Crippen molar-refractivity contribution in [2.75, 3.05) is 0 Å². The van der Waals surface area contributed by atoms with Gasteiger partial charge in [-0.25, -0.2) is 0 Å². The molecule has 1 nitrogen and oxygen atoms in total. The summed E-state index contributed by atoms with van der Waals surface area (Å²) < 4.78 is 6.51. The highest BCUT2D eigenvalue weighted by Gasteiger charge is 2.19. The minimum atomic E-state index is 0.894. The van der Waals surface area contributed by atoms with Crippen molar-refractivity contribution < 1.29 is 4.42 Å². The third-order valence-corrected chi connectivity index (χ3v) is 12.0. The van der Waals surface area contributed by atoms with Crippen LogP contribution in [0.15, 0.2) is 211 Å². The molecular weight excluding hydrogens is 689 g/mol. The number of furan rings is 1. The van der Waals surface area contributed by atoms with Crippen molar-refractivity contribution in [3.05, 3.63) is 206 Å². The largest absolute Gasteiger partial charge is 0.456 e. The minimum absolute atomic E-state index is 0.894. The van der Waals surface area contributed by atoms with Crippen molar-refractivity contribution >= 4 is 75.8 Å². The molecule has 0 unspecified atom stereocenters. The monoisotopic (exact) mass is 722 g/mol. The van der Waals surface area contributed by atoms with Gasteiger partial charge in [-0.15, -0.1) is 0 Å². The number of rotatable bonds is 4. The molecule has 0 radical (unpaired) electrons. The maximum absolute atomic E-state index is 6.51. The lowest BCUT2D eigenvalue weighted by atomic mass is 9.85. The summed E-state index contributed by atoms with van der Waals surface area (Å²) in [6.45, 7) is 0. The van der Waals surface area contributed by atoms with Crippen LogP contribution in [-0.2, 0) is 0 Å². The van der Waals surface area contributed by atoms with Crippen LogP contribution in [0.2, 0.25) is 0 Å². The van der Waals surface area contributed by atoms with Crippen LogP contribution >= 0.6 is 0 Å². The molecule has 0 aliphatic heterocycles. The Labute approximate surface area is 329 Å². The fourth-order valence-corrected chi connectivity index (χ4v) is 9.46. The highest BCUT2D eigenvalue weighted by Crippen LogP contribution is 2.46. The molecule has 0 fully saturated rings. The Kier molecular flexibility index (Phi) is 7.00. The molecule has 0 saturated carbocycles. The van der Waals surface area contributed by atoms with E-state index in [0.29, 0.717) is 0 Å². The number of fused-ring (bicyclic) bond motifs is 9. The van der Waals surface area contributed by atoms with E-state index in [2.05, 4.69) is 206 Å². The van der Waals surface area contributed by atoms with E-state index < -0.39 is 0 Å². The van der Waals surface area contributed by atoms with Crippen molar-refractivity contribution in [2.45, 2.75) is 0 Å². The Balaban J connectivity index is 1.05. The Morgan fingerprint density at radius 3 is 1.35 bits per heavy atom. The molecule has 0 saturated heterocycles. The Morgan fingerprint density at radius 2 is 0.667 bits per heavy atom. The van der Waals surface area contributed by atoms with Gasteiger partial charge < -0.3 is 4.42 Å². The van der Waals surface area contributed by atoms with Crippen LogP contribution in [0.5, 0.6) is 0 Å². The molecular formula is C56H34O. The second-order valence-electron chi connectivity index (χ2n) is 15.2. The van der Waals surface area contributed by atoms with E-state index in [1.54, 1.807) is 0 Å². The van der Waals surface area contributed by atoms with Crippen LogP contribution in [0.25, 0.3) is 120 Å². The van der Waals surface area contributed by atoms with E-state index in [-0.39, 0.29) is 0 Å². The standard InChI is InChI=1S/C56H34O/c1-3-17-41-35(12-1)14-10-23-43(41)37-15-9-16-39(32-37)55-47-19-5-7-21-49(47)56(50-22-8-6-20-48(50)55)40-28-31-54-52(34-40)51-33-38(27-30-53(51)57-54)44-24-11-25-45-42-18-4-2-13-36(42)26-29-46(44)45/h1-34H. The summed E-state index contributed by atoms with van der Waals surface area (Å²) in [5, 5.41) is 14.8. The van der Waals surface area contributed by atoms with Gasteiger partial charge in [0.2, 0.25) is 0 Å². The van der Waals surface area contributed by atoms with Gasteiger partial charge in [-0.2, -0.15) is 0 Å². The van der Waals surface area contributed by atoms with Crippen LogP contribution in [0.3, 0.4) is 0 Å². The quantitative estimate of drug-likeness (QED) is 0.130. The zero-order valence-corrected chi connectivity index (χ0v) is 31.0. The lowest BCUT2D eigenvalue weighted by Crippen LogP contribution is -1.91. The van der Waals surface area contributed by atoms with Crippen molar-refractivity contribution in [1.29, 1.82) is 0 Å². The molecule has 1 aromatic heterocycles. The Bertz CT molecular complexity index is 3520. The van der Waals surface area contributed by atoms with E-state index >= 15 is 0 Å². The van der Waals surface area contributed by atoms with Crippen LogP contribution in [0, 0.1) is 0 Å². The molecule has 1 heteroatoms. The summed E-state index contributed by atoms with van der Waals surface area (Å²) in [5.41, 5.74) is 11.6. The fraction of sp³-hybridized carbons (Fsp3) is 0. The van der Waals surface area contributed by atoms with Gasteiger partial charge in [0, 0.05) is 10.8 Å². The van der Waals surface area contributed by atoms with Gasteiger partial charge in [-0.05, 0) is 129 Å². The summed E-state index contributed by atoms with van der Waals surface area (Å²) in [7, 11) is 0. The molecule has 12 rings (SSSR count). The van der Waals surface area contributed by atoms with Gasteiger partial charge in [0.15, 0.2) is 0 Å². The SMILES string of the molecule is c1cc(-c2cccc3ccccc23)cc(-c2c3ccccc3c(-c3ccc4oc5ccc(-c6cccc7c6ccc6ccccc67)cc5c4c3)c3ccccc23)c1. The van der Waals surface area contributed by atoms with Crippen molar-refractivity contribution in [2.24, 2.45) is 0 Å². The zero-order valence-electron chi connectivity index (χ0n) is 31.0. The van der Waals surface area contributed by atoms with E-state index in [1.165, 1.54) is 98.4 Å².